The molecule has 0 radical (unpaired) electrons. The van der Waals surface area contributed by atoms with Crippen LogP contribution in [0.5, 0.6) is 0 Å². The fourth-order valence-electron chi connectivity index (χ4n) is 0.259. The molecule has 9 heavy (non-hydrogen) atoms. The first kappa shape index (κ1) is 8.84. The molecule has 0 rings (SSSR count). The van der Waals surface area contributed by atoms with Crippen LogP contribution in [0.1, 0.15) is 0 Å². The van der Waals surface area contributed by atoms with Gasteiger partial charge in [-0.15, -0.1) is 11.8 Å². The van der Waals surface area contributed by atoms with E-state index < -0.39 is 9.84 Å². The number of hydrogen-bond donors (Lipinski definition) is 1. The van der Waals surface area contributed by atoms with Crippen LogP contribution in [0.15, 0.2) is 10.4 Å². The highest BCUT2D eigenvalue weighted by atomic mass is 32.2. The van der Waals surface area contributed by atoms with E-state index >= 15 is 0 Å². The fraction of sp³-hybridized carbons (Fsp3) is 0.500. The normalized spacial score (nSPS) is 13.8. The van der Waals surface area contributed by atoms with Gasteiger partial charge >= 0.3 is 0 Å². The lowest BCUT2D eigenvalue weighted by Gasteiger charge is -1.91. The molecule has 0 saturated heterocycles. The Labute approximate surface area is 59.2 Å². The minimum Gasteiger partial charge on any atom is -0.393 e. The van der Waals surface area contributed by atoms with Crippen LogP contribution in [0.25, 0.3) is 0 Å². The summed E-state index contributed by atoms with van der Waals surface area (Å²) in [5.74, 6) is 0. The molecule has 0 saturated carbocycles. The Bertz CT molecular complexity index is 205. The molecule has 0 unspecified atom stereocenters. The van der Waals surface area contributed by atoms with Crippen LogP contribution in [0, 0.1) is 0 Å². The summed E-state index contributed by atoms with van der Waals surface area (Å²) in [7, 11) is -3.04. The van der Waals surface area contributed by atoms with Crippen molar-refractivity contribution in [3.63, 3.8) is 0 Å². The summed E-state index contributed by atoms with van der Waals surface area (Å²) < 4.78 is 20.9. The summed E-state index contributed by atoms with van der Waals surface area (Å²) in [5, 5.41) is 1.36. The van der Waals surface area contributed by atoms with Crippen LogP contribution in [-0.4, -0.2) is 20.9 Å². The number of thioether (sulfide) groups is 1. The molecule has 0 amide bonds. The van der Waals surface area contributed by atoms with Gasteiger partial charge in [-0.05, 0) is 6.26 Å². The lowest BCUT2D eigenvalue weighted by Crippen LogP contribution is -1.97. The van der Waals surface area contributed by atoms with Crippen LogP contribution in [0.4, 0.5) is 0 Å². The lowest BCUT2D eigenvalue weighted by molar-refractivity contribution is 0.610. The maximum absolute atomic E-state index is 10.4. The number of hydrogen-bond acceptors (Lipinski definition) is 4. The first-order chi connectivity index (χ1) is 3.95. The van der Waals surface area contributed by atoms with Gasteiger partial charge in [0, 0.05) is 6.26 Å². The quantitative estimate of drug-likeness (QED) is 0.636. The summed E-state index contributed by atoms with van der Waals surface area (Å²) in [6, 6.07) is 0. The zero-order valence-electron chi connectivity index (χ0n) is 5.29. The van der Waals surface area contributed by atoms with Gasteiger partial charge in [0.05, 0.1) is 10.4 Å². The highest BCUT2D eigenvalue weighted by Gasteiger charge is 1.95. The van der Waals surface area contributed by atoms with Gasteiger partial charge < -0.3 is 5.73 Å². The van der Waals surface area contributed by atoms with Crippen molar-refractivity contribution in [2.45, 2.75) is 0 Å². The molecule has 54 valence electrons. The molecule has 5 heteroatoms. The smallest absolute Gasteiger partial charge is 0.171 e. The predicted octanol–water partition coefficient (Wildman–Crippen LogP) is 0.152. The Morgan fingerprint density at radius 3 is 2.22 bits per heavy atom. The van der Waals surface area contributed by atoms with Crippen LogP contribution in [0.3, 0.4) is 0 Å². The Morgan fingerprint density at radius 1 is 1.67 bits per heavy atom. The number of rotatable bonds is 2. The Hall–Kier alpha value is -0.160. The highest BCUT2D eigenvalue weighted by Crippen LogP contribution is 2.04. The molecule has 0 aromatic heterocycles. The van der Waals surface area contributed by atoms with Crippen LogP contribution < -0.4 is 5.73 Å². The third-order valence-corrected chi connectivity index (χ3v) is 1.99. The first-order valence-electron chi connectivity index (χ1n) is 2.17. The van der Waals surface area contributed by atoms with Gasteiger partial charge in [0.25, 0.3) is 0 Å². The maximum atomic E-state index is 10.4. The van der Waals surface area contributed by atoms with E-state index in [1.807, 2.05) is 0 Å². The van der Waals surface area contributed by atoms with Gasteiger partial charge in [-0.1, -0.05) is 0 Å². The maximum Gasteiger partial charge on any atom is 0.171 e. The van der Waals surface area contributed by atoms with Crippen LogP contribution in [-0.2, 0) is 9.84 Å². The average molecular weight is 167 g/mol. The van der Waals surface area contributed by atoms with Crippen molar-refractivity contribution in [3.05, 3.63) is 10.4 Å². The van der Waals surface area contributed by atoms with E-state index in [4.69, 9.17) is 5.73 Å². The van der Waals surface area contributed by atoms with E-state index in [9.17, 15) is 8.42 Å². The standard InChI is InChI=1S/C4H9NO2S2/c1-8-4(5)3-9(2,6)7/h3H,5H2,1-2H3. The first-order valence-corrected chi connectivity index (χ1v) is 5.35. The predicted molar refractivity (Wildman–Crippen MR) is 40.6 cm³/mol. The molecule has 0 aromatic carbocycles. The van der Waals surface area contributed by atoms with Crippen molar-refractivity contribution in [2.75, 3.05) is 12.5 Å². The lowest BCUT2D eigenvalue weighted by atomic mass is 11.1. The van der Waals surface area contributed by atoms with Gasteiger partial charge in [0.1, 0.15) is 0 Å². The molecule has 0 atom stereocenters. The van der Waals surface area contributed by atoms with Crippen molar-refractivity contribution in [2.24, 2.45) is 5.73 Å². The molecule has 0 fully saturated rings. The average Bonchev–Trinajstić information content (AvgIpc) is 1.62. The molecule has 0 spiro atoms. The molecule has 3 nitrogen and oxygen atoms in total. The van der Waals surface area contributed by atoms with Gasteiger partial charge in [0.15, 0.2) is 9.84 Å². The largest absolute Gasteiger partial charge is 0.393 e. The zero-order valence-corrected chi connectivity index (χ0v) is 6.92. The molecule has 0 aliphatic heterocycles. The fourth-order valence-corrected chi connectivity index (χ4v) is 1.59. The van der Waals surface area contributed by atoms with Gasteiger partial charge in [0.2, 0.25) is 0 Å². The number of sulfone groups is 1. The Morgan fingerprint density at radius 2 is 2.11 bits per heavy atom. The van der Waals surface area contributed by atoms with E-state index in [0.29, 0.717) is 5.03 Å². The SMILES string of the molecule is CSC(N)=CS(C)(=O)=O. The summed E-state index contributed by atoms with van der Waals surface area (Å²) >= 11 is 1.21. The minimum atomic E-state index is -3.04. The van der Waals surface area contributed by atoms with E-state index in [-0.39, 0.29) is 0 Å². The highest BCUT2D eigenvalue weighted by molar-refractivity contribution is 8.03. The summed E-state index contributed by atoms with van der Waals surface area (Å²) in [4.78, 5) is 0. The van der Waals surface area contributed by atoms with Crippen molar-refractivity contribution in [1.29, 1.82) is 0 Å². The molecule has 0 aromatic rings. The van der Waals surface area contributed by atoms with E-state index in [1.54, 1.807) is 6.26 Å². The van der Waals surface area contributed by atoms with E-state index in [0.717, 1.165) is 11.7 Å². The van der Waals surface area contributed by atoms with Crippen LogP contribution >= 0.6 is 11.8 Å². The van der Waals surface area contributed by atoms with Gasteiger partial charge in [-0.25, -0.2) is 8.42 Å². The molecule has 0 aliphatic carbocycles. The minimum absolute atomic E-state index is 0.317. The third kappa shape index (κ3) is 5.72. The topological polar surface area (TPSA) is 60.2 Å². The molecular weight excluding hydrogens is 158 g/mol. The van der Waals surface area contributed by atoms with Crippen molar-refractivity contribution in [3.8, 4) is 0 Å². The van der Waals surface area contributed by atoms with Crippen molar-refractivity contribution < 1.29 is 8.42 Å². The second kappa shape index (κ2) is 3.12. The number of nitrogens with two attached hydrogens (primary N) is 1. The van der Waals surface area contributed by atoms with Crippen LogP contribution in [0.2, 0.25) is 0 Å². The Kier molecular flexibility index (Phi) is 3.07. The third-order valence-electron chi connectivity index (χ3n) is 0.566. The van der Waals surface area contributed by atoms with Gasteiger partial charge in [-0.3, -0.25) is 0 Å². The molecular formula is C4H9NO2S2. The monoisotopic (exact) mass is 167 g/mol. The van der Waals surface area contributed by atoms with Crippen molar-refractivity contribution >= 4 is 21.6 Å². The Balaban J connectivity index is 4.32. The van der Waals surface area contributed by atoms with Crippen molar-refractivity contribution in [1.82, 2.24) is 0 Å². The summed E-state index contributed by atoms with van der Waals surface area (Å²) in [5.41, 5.74) is 5.20. The molecule has 0 heterocycles. The molecule has 0 aliphatic rings. The van der Waals surface area contributed by atoms with E-state index in [2.05, 4.69) is 0 Å². The second-order valence-electron chi connectivity index (χ2n) is 1.55. The second-order valence-corrected chi connectivity index (χ2v) is 4.33. The summed E-state index contributed by atoms with van der Waals surface area (Å²) in [6.45, 7) is 0. The molecule has 2 N–H and O–H groups in total. The zero-order chi connectivity index (χ0) is 7.49. The molecule has 0 bridgehead atoms. The summed E-state index contributed by atoms with van der Waals surface area (Å²) in [6.07, 6.45) is 2.83. The van der Waals surface area contributed by atoms with E-state index in [1.165, 1.54) is 11.8 Å². The van der Waals surface area contributed by atoms with Gasteiger partial charge in [-0.2, -0.15) is 0 Å².